The van der Waals surface area contributed by atoms with E-state index >= 15 is 0 Å². The second-order valence-electron chi connectivity index (χ2n) is 8.90. The van der Waals surface area contributed by atoms with Gasteiger partial charge in [-0.3, -0.25) is 19.2 Å². The lowest BCUT2D eigenvalue weighted by Crippen LogP contribution is -2.55. The molecule has 0 unspecified atom stereocenters. The van der Waals surface area contributed by atoms with Gasteiger partial charge in [0.15, 0.2) is 11.8 Å². The lowest BCUT2D eigenvalue weighted by molar-refractivity contribution is -0.145. The number of ketones is 1. The van der Waals surface area contributed by atoms with Gasteiger partial charge in [-0.1, -0.05) is 48.5 Å². The maximum Gasteiger partial charge on any atom is 0.333 e. The molecule has 0 bridgehead atoms. The number of fused-ring (bicyclic) bond motifs is 1. The minimum atomic E-state index is -1.24. The highest BCUT2D eigenvalue weighted by atomic mass is 16.5. The van der Waals surface area contributed by atoms with Crippen LogP contribution in [0.3, 0.4) is 0 Å². The van der Waals surface area contributed by atoms with Crippen LogP contribution >= 0.6 is 0 Å². The minimum absolute atomic E-state index is 0.131. The molecule has 0 radical (unpaired) electrons. The highest BCUT2D eigenvalue weighted by Gasteiger charge is 2.31. The second kappa shape index (κ2) is 13.7. The largest absolute Gasteiger partial charge is 0.467 e. The number of hydrogen-bond donors (Lipinski definition) is 5. The molecule has 0 fully saturated rings. The number of aromatic amines is 1. The predicted molar refractivity (Wildman–Crippen MR) is 144 cm³/mol. The van der Waals surface area contributed by atoms with E-state index in [0.29, 0.717) is 11.8 Å². The van der Waals surface area contributed by atoms with E-state index in [4.69, 9.17) is 10.1 Å². The van der Waals surface area contributed by atoms with Gasteiger partial charge in [-0.05, 0) is 23.6 Å². The molecule has 0 saturated carbocycles. The first-order valence-electron chi connectivity index (χ1n) is 12.3. The van der Waals surface area contributed by atoms with Gasteiger partial charge in [0.25, 0.3) is 0 Å². The summed E-state index contributed by atoms with van der Waals surface area (Å²) in [5, 5.41) is 15.9. The molecular formula is C28H31N5O6. The summed E-state index contributed by atoms with van der Waals surface area (Å²) in [5.74, 6) is -3.07. The number of hydrogen-bond acceptors (Lipinski definition) is 7. The summed E-state index contributed by atoms with van der Waals surface area (Å²) in [5.41, 5.74) is 2.12. The third-order valence-corrected chi connectivity index (χ3v) is 6.12. The molecule has 3 rings (SSSR count). The van der Waals surface area contributed by atoms with Gasteiger partial charge in [0.1, 0.15) is 12.1 Å². The van der Waals surface area contributed by atoms with Gasteiger partial charge in [-0.15, -0.1) is 0 Å². The number of nitrogens with one attached hydrogen (secondary N) is 5. The molecule has 11 heteroatoms. The predicted octanol–water partition coefficient (Wildman–Crippen LogP) is 1.73. The van der Waals surface area contributed by atoms with E-state index in [9.17, 15) is 24.0 Å². The number of carbonyl (C=O) groups is 5. The maximum atomic E-state index is 13.4. The molecule has 0 aliphatic carbocycles. The van der Waals surface area contributed by atoms with Crippen LogP contribution in [-0.2, 0) is 35.1 Å². The van der Waals surface area contributed by atoms with Gasteiger partial charge in [0.05, 0.1) is 13.3 Å². The first-order valence-corrected chi connectivity index (χ1v) is 12.3. The van der Waals surface area contributed by atoms with Crippen molar-refractivity contribution in [1.82, 2.24) is 20.9 Å². The zero-order chi connectivity index (χ0) is 28.4. The van der Waals surface area contributed by atoms with Gasteiger partial charge in [-0.2, -0.15) is 0 Å². The summed E-state index contributed by atoms with van der Waals surface area (Å²) in [6.45, 7) is 1.28. The molecule has 39 heavy (non-hydrogen) atoms. The van der Waals surface area contributed by atoms with E-state index in [-0.39, 0.29) is 19.3 Å². The van der Waals surface area contributed by atoms with Crippen molar-refractivity contribution in [3.05, 3.63) is 71.9 Å². The Bertz CT molecular complexity index is 1350. The first-order chi connectivity index (χ1) is 18.7. The number of ether oxygens (including phenoxy) is 1. The maximum absolute atomic E-state index is 13.4. The third-order valence-electron chi connectivity index (χ3n) is 6.12. The van der Waals surface area contributed by atoms with Crippen LogP contribution in [0, 0.1) is 5.41 Å². The van der Waals surface area contributed by atoms with Gasteiger partial charge in [0.2, 0.25) is 17.7 Å². The Kier molecular flexibility index (Phi) is 10.1. The molecule has 1 aromatic heterocycles. The van der Waals surface area contributed by atoms with Crippen LogP contribution < -0.4 is 16.0 Å². The second-order valence-corrected chi connectivity index (χ2v) is 8.90. The number of amides is 3. The van der Waals surface area contributed by atoms with Crippen molar-refractivity contribution < 1.29 is 28.7 Å². The number of benzene rings is 2. The van der Waals surface area contributed by atoms with E-state index in [1.165, 1.54) is 14.0 Å². The quantitative estimate of drug-likeness (QED) is 0.165. The number of Topliss-reactive ketones (excluding diaryl/α,β-unsaturated/α-hetero) is 1. The summed E-state index contributed by atoms with van der Waals surface area (Å²) in [7, 11) is 1.19. The monoisotopic (exact) mass is 533 g/mol. The molecule has 0 spiro atoms. The summed E-state index contributed by atoms with van der Waals surface area (Å²) in [6.07, 6.45) is 2.20. The van der Waals surface area contributed by atoms with Crippen molar-refractivity contribution in [1.29, 1.82) is 5.41 Å². The number of aromatic nitrogens is 1. The molecule has 11 nitrogen and oxygen atoms in total. The molecular weight excluding hydrogens is 502 g/mol. The summed E-state index contributed by atoms with van der Waals surface area (Å²) < 4.78 is 4.84. The van der Waals surface area contributed by atoms with E-state index in [0.717, 1.165) is 16.5 Å². The highest BCUT2D eigenvalue weighted by molar-refractivity contribution is 6.26. The molecule has 5 N–H and O–H groups in total. The number of rotatable bonds is 13. The minimum Gasteiger partial charge on any atom is -0.467 e. The van der Waals surface area contributed by atoms with Gasteiger partial charge in [-0.25, -0.2) is 4.79 Å². The summed E-state index contributed by atoms with van der Waals surface area (Å²) in [6, 6.07) is 12.5. The highest BCUT2D eigenvalue weighted by Crippen LogP contribution is 2.20. The Balaban J connectivity index is 1.84. The molecule has 0 aliphatic heterocycles. The molecule has 1 heterocycles. The Morgan fingerprint density at radius 3 is 2.26 bits per heavy atom. The fraction of sp³-hybridized carbons (Fsp3) is 0.286. The van der Waals surface area contributed by atoms with Crippen molar-refractivity contribution in [2.24, 2.45) is 0 Å². The summed E-state index contributed by atoms with van der Waals surface area (Å²) >= 11 is 0. The van der Waals surface area contributed by atoms with Crippen molar-refractivity contribution in [2.45, 2.75) is 44.3 Å². The molecule has 0 aliphatic rings. The fourth-order valence-electron chi connectivity index (χ4n) is 4.16. The van der Waals surface area contributed by atoms with Crippen LogP contribution in [0.4, 0.5) is 0 Å². The van der Waals surface area contributed by atoms with E-state index in [1.807, 2.05) is 24.3 Å². The zero-order valence-corrected chi connectivity index (χ0v) is 21.7. The van der Waals surface area contributed by atoms with Gasteiger partial charge in [0, 0.05) is 36.9 Å². The molecule has 3 atom stereocenters. The Morgan fingerprint density at radius 2 is 1.59 bits per heavy atom. The Hall–Kier alpha value is -4.80. The van der Waals surface area contributed by atoms with Crippen molar-refractivity contribution in [3.8, 4) is 0 Å². The van der Waals surface area contributed by atoms with Crippen molar-refractivity contribution >= 4 is 46.6 Å². The van der Waals surface area contributed by atoms with Crippen molar-refractivity contribution in [3.63, 3.8) is 0 Å². The number of H-pyrrole nitrogens is 1. The SMILES string of the molecule is COC(=O)[C@H](NC(=O)[C@H](CCC(=O)C=N)NC(=O)[C@H](Cc1c[nH]c2ccccc12)NC(C)=O)c1ccccc1. The topological polar surface area (TPSA) is 170 Å². The smallest absolute Gasteiger partial charge is 0.333 e. The first kappa shape index (κ1) is 28.8. The van der Waals surface area contributed by atoms with Crippen LogP contribution in [0.15, 0.2) is 60.8 Å². The normalized spacial score (nSPS) is 13.0. The summed E-state index contributed by atoms with van der Waals surface area (Å²) in [4.78, 5) is 66.0. The lowest BCUT2D eigenvalue weighted by atomic mass is 10.0. The number of esters is 1. The molecule has 2 aromatic carbocycles. The fourth-order valence-corrected chi connectivity index (χ4v) is 4.16. The zero-order valence-electron chi connectivity index (χ0n) is 21.7. The molecule has 0 saturated heterocycles. The number of carbonyl (C=O) groups excluding carboxylic acids is 5. The Morgan fingerprint density at radius 1 is 0.923 bits per heavy atom. The molecule has 3 amide bonds. The number of para-hydroxylation sites is 1. The van der Waals surface area contributed by atoms with Crippen LogP contribution in [-0.4, -0.2) is 59.9 Å². The Labute approximate surface area is 225 Å². The van der Waals surface area contributed by atoms with Gasteiger partial charge >= 0.3 is 5.97 Å². The van der Waals surface area contributed by atoms with Gasteiger partial charge < -0.3 is 31.1 Å². The van der Waals surface area contributed by atoms with E-state index in [2.05, 4.69) is 20.9 Å². The standard InChI is InChI=1S/C28H31N5O6/c1-17(34)31-24(14-19-16-30-22-11-7-6-10-21(19)22)27(37)32-23(13-12-20(35)15-29)26(36)33-25(28(38)39-2)18-8-4-3-5-9-18/h3-11,15-16,23-25,29-30H,12-14H2,1-2H3,(H,31,34)(H,32,37)(H,33,36)/t23-,24-,25+/m0/s1. The average Bonchev–Trinajstić information content (AvgIpc) is 3.35. The van der Waals surface area contributed by atoms with E-state index < -0.39 is 47.6 Å². The van der Waals surface area contributed by atoms with Crippen LogP contribution in [0.2, 0.25) is 0 Å². The average molecular weight is 534 g/mol. The van der Waals surface area contributed by atoms with Crippen molar-refractivity contribution in [2.75, 3.05) is 7.11 Å². The lowest BCUT2D eigenvalue weighted by Gasteiger charge is -2.25. The third kappa shape index (κ3) is 7.84. The van der Waals surface area contributed by atoms with E-state index in [1.54, 1.807) is 36.5 Å². The molecule has 3 aromatic rings. The van der Waals surface area contributed by atoms with Crippen LogP contribution in [0.25, 0.3) is 10.9 Å². The number of methoxy groups -OCH3 is 1. The van der Waals surface area contributed by atoms with Crippen LogP contribution in [0.5, 0.6) is 0 Å². The van der Waals surface area contributed by atoms with Crippen LogP contribution in [0.1, 0.15) is 36.9 Å². The molecule has 204 valence electrons.